The SMILES string of the molecule is Cc1ccccc1C[N+](C)(C)CCC(=O)c1ccc2c(c1)CCCC2.[Br-]. The van der Waals surface area contributed by atoms with Gasteiger partial charge in [-0.05, 0) is 55.4 Å². The van der Waals surface area contributed by atoms with Crippen molar-refractivity contribution in [2.24, 2.45) is 0 Å². The Labute approximate surface area is 168 Å². The first-order chi connectivity index (χ1) is 11.9. The fourth-order valence-electron chi connectivity index (χ4n) is 3.78. The molecule has 3 heteroatoms. The molecular weight excluding hydrogens is 386 g/mol. The van der Waals surface area contributed by atoms with Crippen LogP contribution < -0.4 is 17.0 Å². The number of rotatable bonds is 6. The van der Waals surface area contributed by atoms with Crippen LogP contribution in [0.1, 0.15) is 51.9 Å². The Kier molecular flexibility index (Phi) is 7.19. The first kappa shape index (κ1) is 20.9. The molecule has 2 aromatic rings. The average Bonchev–Trinajstić information content (AvgIpc) is 2.61. The van der Waals surface area contributed by atoms with Gasteiger partial charge in [0.25, 0.3) is 0 Å². The molecule has 0 aromatic heterocycles. The maximum Gasteiger partial charge on any atom is 0.168 e. The maximum absolute atomic E-state index is 12.7. The van der Waals surface area contributed by atoms with Gasteiger partial charge in [0.1, 0.15) is 6.54 Å². The minimum atomic E-state index is 0. The fourth-order valence-corrected chi connectivity index (χ4v) is 3.78. The molecule has 0 heterocycles. The van der Waals surface area contributed by atoms with Crippen molar-refractivity contribution in [3.05, 3.63) is 70.3 Å². The first-order valence-corrected chi connectivity index (χ1v) is 9.46. The summed E-state index contributed by atoms with van der Waals surface area (Å²) in [6, 6.07) is 14.9. The van der Waals surface area contributed by atoms with Gasteiger partial charge in [0.15, 0.2) is 5.78 Å². The van der Waals surface area contributed by atoms with Crippen LogP contribution in [0.2, 0.25) is 0 Å². The summed E-state index contributed by atoms with van der Waals surface area (Å²) < 4.78 is 0.835. The van der Waals surface area contributed by atoms with Crippen molar-refractivity contribution in [3.8, 4) is 0 Å². The summed E-state index contributed by atoms with van der Waals surface area (Å²) in [5.41, 5.74) is 6.43. The minimum absolute atomic E-state index is 0. The van der Waals surface area contributed by atoms with E-state index in [1.54, 1.807) is 0 Å². The van der Waals surface area contributed by atoms with Crippen LogP contribution in [0.15, 0.2) is 42.5 Å². The van der Waals surface area contributed by atoms with E-state index in [9.17, 15) is 4.79 Å². The van der Waals surface area contributed by atoms with Gasteiger partial charge in [-0.15, -0.1) is 0 Å². The van der Waals surface area contributed by atoms with Crippen molar-refractivity contribution in [3.63, 3.8) is 0 Å². The van der Waals surface area contributed by atoms with E-state index in [2.05, 4.69) is 57.4 Å². The summed E-state index contributed by atoms with van der Waals surface area (Å²) in [7, 11) is 4.43. The maximum atomic E-state index is 12.7. The highest BCUT2D eigenvalue weighted by Gasteiger charge is 2.20. The number of benzene rings is 2. The molecule has 140 valence electrons. The van der Waals surface area contributed by atoms with Gasteiger partial charge in [0.05, 0.1) is 27.1 Å². The highest BCUT2D eigenvalue weighted by Crippen LogP contribution is 2.23. The molecule has 0 amide bonds. The number of aryl methyl sites for hydroxylation is 3. The number of Topliss-reactive ketones (excluding diaryl/α,β-unsaturated/α-hetero) is 1. The predicted molar refractivity (Wildman–Crippen MR) is 104 cm³/mol. The largest absolute Gasteiger partial charge is 1.00 e. The summed E-state index contributed by atoms with van der Waals surface area (Å²) in [6.45, 7) is 3.99. The van der Waals surface area contributed by atoms with E-state index in [-0.39, 0.29) is 22.8 Å². The van der Waals surface area contributed by atoms with Crippen molar-refractivity contribution in [1.29, 1.82) is 0 Å². The molecular formula is C23H30BrNO. The fraction of sp³-hybridized carbons (Fsp3) is 0.435. The van der Waals surface area contributed by atoms with Gasteiger partial charge in [-0.2, -0.15) is 0 Å². The number of carbonyl (C=O) groups is 1. The molecule has 0 aliphatic heterocycles. The van der Waals surface area contributed by atoms with Crippen LogP contribution in [0.5, 0.6) is 0 Å². The number of nitrogens with zero attached hydrogens (tertiary/aromatic N) is 1. The molecule has 26 heavy (non-hydrogen) atoms. The zero-order chi connectivity index (χ0) is 17.9. The lowest BCUT2D eigenvalue weighted by Gasteiger charge is -2.30. The highest BCUT2D eigenvalue weighted by molar-refractivity contribution is 5.96. The standard InChI is InChI=1S/C23H30NO.BrH/c1-18-8-4-5-11-22(18)17-24(2,3)15-14-23(25)21-13-12-19-9-6-7-10-20(19)16-21;/h4-5,8,11-13,16H,6-7,9-10,14-15,17H2,1-3H3;1H/q+1;/p-1. The average molecular weight is 416 g/mol. The van der Waals surface area contributed by atoms with Crippen LogP contribution in [0, 0.1) is 6.92 Å². The highest BCUT2D eigenvalue weighted by atomic mass is 79.9. The molecule has 0 N–H and O–H groups in total. The Morgan fingerprint density at radius 2 is 1.69 bits per heavy atom. The van der Waals surface area contributed by atoms with Gasteiger partial charge in [-0.1, -0.05) is 36.4 Å². The smallest absolute Gasteiger partial charge is 0.168 e. The molecule has 0 atom stereocenters. The summed E-state index contributed by atoms with van der Waals surface area (Å²) >= 11 is 0. The van der Waals surface area contributed by atoms with Crippen LogP contribution in [0.25, 0.3) is 0 Å². The van der Waals surface area contributed by atoms with Gasteiger partial charge in [0.2, 0.25) is 0 Å². The molecule has 0 saturated heterocycles. The van der Waals surface area contributed by atoms with Gasteiger partial charge in [-0.3, -0.25) is 4.79 Å². The lowest BCUT2D eigenvalue weighted by molar-refractivity contribution is -0.903. The van der Waals surface area contributed by atoms with E-state index < -0.39 is 0 Å². The molecule has 0 radical (unpaired) electrons. The van der Waals surface area contributed by atoms with E-state index >= 15 is 0 Å². The first-order valence-electron chi connectivity index (χ1n) is 9.46. The molecule has 3 rings (SSSR count). The molecule has 2 nitrogen and oxygen atoms in total. The number of hydrogen-bond donors (Lipinski definition) is 0. The Morgan fingerprint density at radius 1 is 1.00 bits per heavy atom. The Balaban J connectivity index is 0.00000243. The van der Waals surface area contributed by atoms with Gasteiger partial charge in [-0.25, -0.2) is 0 Å². The summed E-state index contributed by atoms with van der Waals surface area (Å²) in [6.07, 6.45) is 5.45. The second kappa shape index (κ2) is 8.96. The van der Waals surface area contributed by atoms with E-state index in [0.29, 0.717) is 6.42 Å². The van der Waals surface area contributed by atoms with E-state index in [1.807, 2.05) is 6.07 Å². The Morgan fingerprint density at radius 3 is 2.42 bits per heavy atom. The van der Waals surface area contributed by atoms with Gasteiger partial charge in [0, 0.05) is 11.1 Å². The zero-order valence-corrected chi connectivity index (χ0v) is 17.8. The van der Waals surface area contributed by atoms with Gasteiger partial charge >= 0.3 is 0 Å². The van der Waals surface area contributed by atoms with Crippen LogP contribution >= 0.6 is 0 Å². The van der Waals surface area contributed by atoms with Crippen molar-refractivity contribution in [2.45, 2.75) is 45.6 Å². The number of carbonyl (C=O) groups excluding carboxylic acids is 1. The van der Waals surface area contributed by atoms with Crippen molar-refractivity contribution < 1.29 is 26.3 Å². The third-order valence-corrected chi connectivity index (χ3v) is 5.47. The second-order valence-electron chi connectivity index (χ2n) is 8.11. The second-order valence-corrected chi connectivity index (χ2v) is 8.11. The third-order valence-electron chi connectivity index (χ3n) is 5.47. The van der Waals surface area contributed by atoms with Crippen molar-refractivity contribution in [2.75, 3.05) is 20.6 Å². The molecule has 1 aliphatic carbocycles. The predicted octanol–water partition coefficient (Wildman–Crippen LogP) is 1.73. The molecule has 1 aliphatic rings. The molecule has 0 saturated carbocycles. The van der Waals surface area contributed by atoms with Crippen molar-refractivity contribution >= 4 is 5.78 Å². The summed E-state index contributed by atoms with van der Waals surface area (Å²) in [5.74, 6) is 0.282. The number of quaternary nitrogens is 1. The minimum Gasteiger partial charge on any atom is -1.00 e. The molecule has 0 fully saturated rings. The summed E-state index contributed by atoms with van der Waals surface area (Å²) in [4.78, 5) is 12.7. The number of fused-ring (bicyclic) bond motifs is 1. The lowest BCUT2D eigenvalue weighted by atomic mass is 9.89. The van der Waals surface area contributed by atoms with Crippen LogP contribution in [0.3, 0.4) is 0 Å². The van der Waals surface area contributed by atoms with Gasteiger partial charge < -0.3 is 21.5 Å². The monoisotopic (exact) mass is 415 g/mol. The number of hydrogen-bond acceptors (Lipinski definition) is 1. The zero-order valence-electron chi connectivity index (χ0n) is 16.2. The van der Waals surface area contributed by atoms with Crippen molar-refractivity contribution in [1.82, 2.24) is 0 Å². The van der Waals surface area contributed by atoms with E-state index in [4.69, 9.17) is 0 Å². The summed E-state index contributed by atoms with van der Waals surface area (Å²) in [5, 5.41) is 0. The quantitative estimate of drug-likeness (QED) is 0.518. The Bertz CT molecular complexity index is 767. The number of halogens is 1. The number of ketones is 1. The topological polar surface area (TPSA) is 17.1 Å². The van der Waals surface area contributed by atoms with Crippen LogP contribution in [0.4, 0.5) is 0 Å². The van der Waals surface area contributed by atoms with E-state index in [1.165, 1.54) is 41.5 Å². The Hall–Kier alpha value is -1.45. The molecule has 0 spiro atoms. The lowest BCUT2D eigenvalue weighted by Crippen LogP contribution is -3.00. The molecule has 0 unspecified atom stereocenters. The van der Waals surface area contributed by atoms with Crippen LogP contribution in [-0.4, -0.2) is 30.9 Å². The normalized spacial score (nSPS) is 13.7. The third kappa shape index (κ3) is 5.28. The molecule has 2 aromatic carbocycles. The van der Waals surface area contributed by atoms with E-state index in [0.717, 1.165) is 29.6 Å². The van der Waals surface area contributed by atoms with Crippen LogP contribution in [-0.2, 0) is 19.4 Å². The molecule has 0 bridgehead atoms.